The van der Waals surface area contributed by atoms with Crippen molar-refractivity contribution in [1.29, 1.82) is 0 Å². The molecule has 4 nitrogen and oxygen atoms in total. The maximum atomic E-state index is 11.9. The summed E-state index contributed by atoms with van der Waals surface area (Å²) in [7, 11) is 0. The number of amides is 1. The molecule has 3 aliphatic heterocycles. The van der Waals surface area contributed by atoms with Crippen LogP contribution in [0.5, 0.6) is 0 Å². The van der Waals surface area contributed by atoms with E-state index in [4.69, 9.17) is 0 Å². The quantitative estimate of drug-likeness (QED) is 0.804. The molecule has 0 spiro atoms. The first-order valence-corrected chi connectivity index (χ1v) is 7.68. The van der Waals surface area contributed by atoms with E-state index in [1.54, 1.807) is 11.8 Å². The summed E-state index contributed by atoms with van der Waals surface area (Å²) in [5, 5.41) is 1.24. The molecule has 1 atom stereocenters. The molecule has 1 amide bonds. The molecule has 1 saturated heterocycles. The molecule has 1 unspecified atom stereocenters. The molecule has 1 fully saturated rings. The number of hydrogen-bond donors (Lipinski definition) is 1. The van der Waals surface area contributed by atoms with Crippen molar-refractivity contribution in [2.75, 3.05) is 29.4 Å². The van der Waals surface area contributed by atoms with E-state index in [1.807, 2.05) is 11.0 Å². The van der Waals surface area contributed by atoms with Crippen molar-refractivity contribution in [3.05, 3.63) is 18.2 Å². The summed E-state index contributed by atoms with van der Waals surface area (Å²) in [6, 6.07) is 6.23. The summed E-state index contributed by atoms with van der Waals surface area (Å²) in [5.74, 6) is 0.168. The minimum atomic E-state index is 0.152. The smallest absolute Gasteiger partial charge is 0.228 e. The first-order valence-electron chi connectivity index (χ1n) is 6.35. The number of rotatable bonds is 1. The highest BCUT2D eigenvalue weighted by molar-refractivity contribution is 8.14. The summed E-state index contributed by atoms with van der Waals surface area (Å²) >= 11 is 6.12. The average Bonchev–Trinajstić information content (AvgIpc) is 3.03. The van der Waals surface area contributed by atoms with Crippen LogP contribution < -0.4 is 9.80 Å². The molecule has 0 aromatic heterocycles. The molecular formula is C13H13N3OS2. The molecule has 4 rings (SSSR count). The van der Waals surface area contributed by atoms with E-state index >= 15 is 0 Å². The van der Waals surface area contributed by atoms with Gasteiger partial charge in [0.05, 0.1) is 12.2 Å². The lowest BCUT2D eigenvalue weighted by molar-refractivity contribution is -0.117. The predicted octanol–water partition coefficient (Wildman–Crippen LogP) is 2.00. The second kappa shape index (κ2) is 4.18. The van der Waals surface area contributed by atoms with Crippen LogP contribution in [0.15, 0.2) is 28.1 Å². The monoisotopic (exact) mass is 291 g/mol. The van der Waals surface area contributed by atoms with Gasteiger partial charge in [-0.1, -0.05) is 0 Å². The summed E-state index contributed by atoms with van der Waals surface area (Å²) in [4.78, 5) is 21.7. The highest BCUT2D eigenvalue weighted by Gasteiger charge is 2.32. The molecule has 0 saturated carbocycles. The fourth-order valence-corrected chi connectivity index (χ4v) is 4.13. The van der Waals surface area contributed by atoms with Gasteiger partial charge in [0.25, 0.3) is 0 Å². The third-order valence-electron chi connectivity index (χ3n) is 3.65. The number of amidine groups is 1. The van der Waals surface area contributed by atoms with Crippen LogP contribution in [0.25, 0.3) is 0 Å². The van der Waals surface area contributed by atoms with Crippen LogP contribution in [0.2, 0.25) is 0 Å². The van der Waals surface area contributed by atoms with Crippen LogP contribution in [0, 0.1) is 0 Å². The van der Waals surface area contributed by atoms with Crippen LogP contribution in [0.4, 0.5) is 11.4 Å². The Hall–Kier alpha value is -1.14. The van der Waals surface area contributed by atoms with Gasteiger partial charge < -0.3 is 9.80 Å². The Morgan fingerprint density at radius 1 is 1.37 bits per heavy atom. The maximum Gasteiger partial charge on any atom is 0.228 e. The molecule has 0 radical (unpaired) electrons. The molecule has 1 aromatic rings. The normalized spacial score (nSPS) is 24.8. The van der Waals surface area contributed by atoms with E-state index in [-0.39, 0.29) is 11.2 Å². The van der Waals surface area contributed by atoms with E-state index < -0.39 is 0 Å². The third-order valence-corrected chi connectivity index (χ3v) is 5.10. The number of nitrogens with zero attached hydrogens (tertiary/aromatic N) is 3. The number of benzene rings is 1. The average molecular weight is 291 g/mol. The van der Waals surface area contributed by atoms with Gasteiger partial charge in [0.15, 0.2) is 5.17 Å². The number of carbonyl (C=O) groups excluding carboxylic acids is 1. The zero-order valence-electron chi connectivity index (χ0n) is 10.2. The topological polar surface area (TPSA) is 35.9 Å². The van der Waals surface area contributed by atoms with Gasteiger partial charge in [-0.25, -0.2) is 0 Å². The van der Waals surface area contributed by atoms with Gasteiger partial charge in [-0.3, -0.25) is 9.79 Å². The van der Waals surface area contributed by atoms with Gasteiger partial charge in [0, 0.05) is 35.3 Å². The molecule has 0 N–H and O–H groups in total. The van der Waals surface area contributed by atoms with Crippen molar-refractivity contribution < 1.29 is 4.79 Å². The van der Waals surface area contributed by atoms with Crippen LogP contribution in [-0.2, 0) is 4.79 Å². The Labute approximate surface area is 121 Å². The summed E-state index contributed by atoms with van der Waals surface area (Å²) in [6.07, 6.45) is 0.533. The maximum absolute atomic E-state index is 11.9. The second-order valence-electron chi connectivity index (χ2n) is 4.93. The van der Waals surface area contributed by atoms with Crippen LogP contribution >= 0.6 is 24.4 Å². The minimum absolute atomic E-state index is 0.152. The van der Waals surface area contributed by atoms with Gasteiger partial charge in [-0.05, 0) is 30.0 Å². The number of aliphatic imine (C=N–C) groups is 1. The lowest BCUT2D eigenvalue weighted by Crippen LogP contribution is -2.25. The second-order valence-corrected chi connectivity index (χ2v) is 6.67. The summed E-state index contributed by atoms with van der Waals surface area (Å²) in [5.41, 5.74) is 2.17. The number of carbonyl (C=O) groups is 1. The van der Waals surface area contributed by atoms with Gasteiger partial charge in [0.1, 0.15) is 0 Å². The SMILES string of the molecule is O=C1CC(S)CN1c1ccc2c(c1)N1CCN=C1S2. The van der Waals surface area contributed by atoms with E-state index in [1.165, 1.54) is 10.6 Å². The molecule has 1 aromatic carbocycles. The highest BCUT2D eigenvalue weighted by atomic mass is 32.2. The van der Waals surface area contributed by atoms with Gasteiger partial charge in [-0.15, -0.1) is 0 Å². The number of thioether (sulfide) groups is 1. The highest BCUT2D eigenvalue weighted by Crippen LogP contribution is 2.44. The summed E-state index contributed by atoms with van der Waals surface area (Å²) in [6.45, 7) is 2.52. The number of anilines is 2. The standard InChI is InChI=1S/C13H13N3OS2/c17-12-6-9(18)7-16(12)8-1-2-11-10(5-8)15-4-3-14-13(15)19-11/h1-2,5,9,18H,3-4,6-7H2. The van der Waals surface area contributed by atoms with E-state index in [9.17, 15) is 4.79 Å². The first-order chi connectivity index (χ1) is 9.22. The fraction of sp³-hybridized carbons (Fsp3) is 0.385. The van der Waals surface area contributed by atoms with Gasteiger partial charge in [0.2, 0.25) is 5.91 Å². The molecule has 19 heavy (non-hydrogen) atoms. The third kappa shape index (κ3) is 1.77. The zero-order chi connectivity index (χ0) is 13.0. The largest absolute Gasteiger partial charge is 0.318 e. The van der Waals surface area contributed by atoms with Crippen LogP contribution in [-0.4, -0.2) is 36.0 Å². The molecule has 6 heteroatoms. The van der Waals surface area contributed by atoms with Crippen LogP contribution in [0.1, 0.15) is 6.42 Å². The first kappa shape index (κ1) is 11.7. The molecule has 0 aliphatic carbocycles. The number of hydrogen-bond acceptors (Lipinski definition) is 5. The Morgan fingerprint density at radius 2 is 2.26 bits per heavy atom. The van der Waals surface area contributed by atoms with E-state index in [0.29, 0.717) is 13.0 Å². The van der Waals surface area contributed by atoms with Crippen molar-refractivity contribution in [1.82, 2.24) is 0 Å². The number of fused-ring (bicyclic) bond motifs is 3. The van der Waals surface area contributed by atoms with Crippen molar-refractivity contribution in [2.24, 2.45) is 4.99 Å². The molecule has 0 bridgehead atoms. The lowest BCUT2D eigenvalue weighted by atomic mass is 10.2. The van der Waals surface area contributed by atoms with E-state index in [2.05, 4.69) is 34.7 Å². The van der Waals surface area contributed by atoms with E-state index in [0.717, 1.165) is 23.9 Å². The molecule has 3 heterocycles. The van der Waals surface area contributed by atoms with Crippen molar-refractivity contribution in [2.45, 2.75) is 16.6 Å². The Bertz CT molecular complexity index is 602. The van der Waals surface area contributed by atoms with Gasteiger partial charge in [-0.2, -0.15) is 12.6 Å². The molecule has 3 aliphatic rings. The fourth-order valence-electron chi connectivity index (χ4n) is 2.75. The van der Waals surface area contributed by atoms with Gasteiger partial charge >= 0.3 is 0 Å². The molecule has 98 valence electrons. The van der Waals surface area contributed by atoms with Crippen LogP contribution in [0.3, 0.4) is 0 Å². The lowest BCUT2D eigenvalue weighted by Gasteiger charge is -2.19. The van der Waals surface area contributed by atoms with Crippen molar-refractivity contribution in [3.8, 4) is 0 Å². The number of thiol groups is 1. The Morgan fingerprint density at radius 3 is 3.05 bits per heavy atom. The summed E-state index contributed by atoms with van der Waals surface area (Å²) < 4.78 is 0. The molecular weight excluding hydrogens is 278 g/mol. The predicted molar refractivity (Wildman–Crippen MR) is 81.7 cm³/mol. The van der Waals surface area contributed by atoms with Crippen molar-refractivity contribution in [3.63, 3.8) is 0 Å². The Kier molecular flexibility index (Phi) is 2.57. The minimum Gasteiger partial charge on any atom is -0.318 e. The Balaban J connectivity index is 1.71. The van der Waals surface area contributed by atoms with Crippen molar-refractivity contribution >= 4 is 46.8 Å². The zero-order valence-corrected chi connectivity index (χ0v) is 12.0.